The topological polar surface area (TPSA) is 63.7 Å². The molecule has 0 radical (unpaired) electrons. The third-order valence-electron chi connectivity index (χ3n) is 2.75. The Morgan fingerprint density at radius 2 is 2.10 bits per heavy atom. The van der Waals surface area contributed by atoms with Gasteiger partial charge in [0.05, 0.1) is 17.1 Å². The summed E-state index contributed by atoms with van der Waals surface area (Å²) < 4.78 is 41.6. The van der Waals surface area contributed by atoms with Crippen molar-refractivity contribution in [3.63, 3.8) is 0 Å². The molecule has 1 rings (SSSR count). The molecule has 0 unspecified atom stereocenters. The molecule has 0 N–H and O–H groups in total. The fourth-order valence-electron chi connectivity index (χ4n) is 1.65. The molecule has 21 heavy (non-hydrogen) atoms. The zero-order chi connectivity index (χ0) is 16.2. The number of carbonyl (C=O) groups is 1. The van der Waals surface area contributed by atoms with Crippen molar-refractivity contribution in [2.24, 2.45) is 0 Å². The fourth-order valence-corrected chi connectivity index (χ4v) is 3.82. The summed E-state index contributed by atoms with van der Waals surface area (Å²) in [7, 11) is 2.66. The van der Waals surface area contributed by atoms with Crippen molar-refractivity contribution in [1.82, 2.24) is 4.90 Å². The second-order valence-corrected chi connectivity index (χ2v) is 7.47. The van der Waals surface area contributed by atoms with Crippen molar-refractivity contribution in [2.75, 3.05) is 26.8 Å². The molecule has 9 heteroatoms. The van der Waals surface area contributed by atoms with Gasteiger partial charge in [-0.3, -0.25) is 4.79 Å². The number of likely N-dealkylation sites (N-methyl/N-ethyl adjacent to an activating group) is 1. The summed E-state index contributed by atoms with van der Waals surface area (Å²) in [4.78, 5) is 13.3. The van der Waals surface area contributed by atoms with Crippen LogP contribution in [-0.4, -0.2) is 46.0 Å². The van der Waals surface area contributed by atoms with Gasteiger partial charge in [-0.1, -0.05) is 0 Å². The molecule has 1 amide bonds. The lowest BCUT2D eigenvalue weighted by Crippen LogP contribution is -2.34. The van der Waals surface area contributed by atoms with Crippen molar-refractivity contribution in [2.45, 2.75) is 11.8 Å². The highest BCUT2D eigenvalue weighted by molar-refractivity contribution is 9.10. The summed E-state index contributed by atoms with van der Waals surface area (Å²) >= 11 is 2.91. The molecule has 0 fully saturated rings. The molecular weight excluding hydrogens is 389 g/mol. The largest absolute Gasteiger partial charge is 0.383 e. The first kappa shape index (κ1) is 18.3. The standard InChI is InChI=1S/C12H14BrClFNO4S/c1-3-16(4-5-20-2)12(17)8-6-11(21(14,18)19)9(13)7-10(8)15/h6-7H,3-5H2,1-2H3. The molecule has 0 atom stereocenters. The minimum atomic E-state index is -4.09. The quantitative estimate of drug-likeness (QED) is 0.686. The van der Waals surface area contributed by atoms with Crippen molar-refractivity contribution < 1.29 is 22.3 Å². The average molecular weight is 403 g/mol. The average Bonchev–Trinajstić information content (AvgIpc) is 2.37. The number of benzene rings is 1. The lowest BCUT2D eigenvalue weighted by molar-refractivity contribution is 0.0701. The predicted molar refractivity (Wildman–Crippen MR) is 80.6 cm³/mol. The Balaban J connectivity index is 3.26. The van der Waals surface area contributed by atoms with Crippen molar-refractivity contribution >= 4 is 41.6 Å². The summed E-state index contributed by atoms with van der Waals surface area (Å²) in [6.07, 6.45) is 0. The molecule has 0 saturated heterocycles. The highest BCUT2D eigenvalue weighted by Gasteiger charge is 2.24. The molecule has 0 bridgehead atoms. The third kappa shape index (κ3) is 4.64. The van der Waals surface area contributed by atoms with E-state index >= 15 is 0 Å². The molecule has 0 saturated carbocycles. The molecular formula is C12H14BrClFNO4S. The minimum absolute atomic E-state index is 0.0357. The second-order valence-electron chi connectivity index (χ2n) is 4.08. The zero-order valence-electron chi connectivity index (χ0n) is 11.4. The first-order valence-corrected chi connectivity index (χ1v) is 9.04. The monoisotopic (exact) mass is 401 g/mol. The summed E-state index contributed by atoms with van der Waals surface area (Å²) in [5.41, 5.74) is -0.352. The maximum atomic E-state index is 13.9. The van der Waals surface area contributed by atoms with Crippen LogP contribution in [0.2, 0.25) is 0 Å². The summed E-state index contributed by atoms with van der Waals surface area (Å²) in [5.74, 6) is -1.45. The molecule has 0 spiro atoms. The van der Waals surface area contributed by atoms with Crippen LogP contribution in [0.15, 0.2) is 21.5 Å². The van der Waals surface area contributed by atoms with Gasteiger partial charge in [0.15, 0.2) is 0 Å². The van der Waals surface area contributed by atoms with E-state index in [2.05, 4.69) is 15.9 Å². The Bertz CT molecular complexity index is 638. The predicted octanol–water partition coefficient (Wildman–Crippen LogP) is 2.62. The number of carbonyl (C=O) groups excluding carboxylic acids is 1. The zero-order valence-corrected chi connectivity index (χ0v) is 14.6. The van der Waals surface area contributed by atoms with Gasteiger partial charge in [-0.15, -0.1) is 0 Å². The lowest BCUT2D eigenvalue weighted by atomic mass is 10.2. The van der Waals surface area contributed by atoms with Gasteiger partial charge in [0.1, 0.15) is 5.82 Å². The summed E-state index contributed by atoms with van der Waals surface area (Å²) in [5, 5.41) is 0. The maximum absolute atomic E-state index is 13.9. The Kier molecular flexibility index (Phi) is 6.58. The smallest absolute Gasteiger partial charge is 0.262 e. The van der Waals surface area contributed by atoms with Crippen LogP contribution in [0.4, 0.5) is 4.39 Å². The van der Waals surface area contributed by atoms with Gasteiger partial charge in [0.2, 0.25) is 0 Å². The molecule has 0 aliphatic heterocycles. The second kappa shape index (κ2) is 7.53. The Morgan fingerprint density at radius 1 is 1.48 bits per heavy atom. The first-order valence-electron chi connectivity index (χ1n) is 5.94. The van der Waals surface area contributed by atoms with Crippen LogP contribution in [0.5, 0.6) is 0 Å². The first-order chi connectivity index (χ1) is 9.72. The minimum Gasteiger partial charge on any atom is -0.383 e. The Morgan fingerprint density at radius 3 is 2.57 bits per heavy atom. The van der Waals surface area contributed by atoms with E-state index in [1.54, 1.807) is 6.92 Å². The van der Waals surface area contributed by atoms with E-state index in [1.165, 1.54) is 12.0 Å². The molecule has 0 aromatic heterocycles. The van der Waals surface area contributed by atoms with E-state index in [1.807, 2.05) is 0 Å². The van der Waals surface area contributed by atoms with Crippen molar-refractivity contribution in [1.29, 1.82) is 0 Å². The molecule has 118 valence electrons. The van der Waals surface area contributed by atoms with Gasteiger partial charge in [-0.25, -0.2) is 12.8 Å². The maximum Gasteiger partial charge on any atom is 0.262 e. The molecule has 0 heterocycles. The van der Waals surface area contributed by atoms with Gasteiger partial charge in [0.25, 0.3) is 15.0 Å². The Hall–Kier alpha value is -0.700. The highest BCUT2D eigenvalue weighted by atomic mass is 79.9. The molecule has 5 nitrogen and oxygen atoms in total. The number of rotatable bonds is 6. The van der Waals surface area contributed by atoms with Crippen LogP contribution in [0, 0.1) is 5.82 Å². The number of amides is 1. The molecule has 0 aliphatic rings. The summed E-state index contributed by atoms with van der Waals surface area (Å²) in [6, 6.07) is 1.84. The number of hydrogen-bond acceptors (Lipinski definition) is 4. The normalized spacial score (nSPS) is 11.5. The summed E-state index contributed by atoms with van der Waals surface area (Å²) in [6.45, 7) is 2.62. The van der Waals surface area contributed by atoms with Crippen LogP contribution in [-0.2, 0) is 13.8 Å². The number of halogens is 3. The third-order valence-corrected chi connectivity index (χ3v) is 5.03. The fraction of sp³-hybridized carbons (Fsp3) is 0.417. The number of ether oxygens (including phenoxy) is 1. The van der Waals surface area contributed by atoms with Crippen molar-refractivity contribution in [3.8, 4) is 0 Å². The molecule has 1 aromatic carbocycles. The van der Waals surface area contributed by atoms with E-state index in [9.17, 15) is 17.6 Å². The van der Waals surface area contributed by atoms with Crippen LogP contribution in [0.25, 0.3) is 0 Å². The van der Waals surface area contributed by atoms with E-state index in [4.69, 9.17) is 15.4 Å². The van der Waals surface area contributed by atoms with Crippen LogP contribution < -0.4 is 0 Å². The SMILES string of the molecule is CCN(CCOC)C(=O)c1cc(S(=O)(=O)Cl)c(Br)cc1F. The van der Waals surface area contributed by atoms with Crippen LogP contribution >= 0.6 is 26.6 Å². The van der Waals surface area contributed by atoms with Gasteiger partial charge >= 0.3 is 0 Å². The van der Waals surface area contributed by atoms with Gasteiger partial charge in [-0.05, 0) is 35.0 Å². The lowest BCUT2D eigenvalue weighted by Gasteiger charge is -2.21. The van der Waals surface area contributed by atoms with E-state index < -0.39 is 20.8 Å². The van der Waals surface area contributed by atoms with Crippen LogP contribution in [0.3, 0.4) is 0 Å². The Labute approximate surface area is 135 Å². The molecule has 0 aliphatic carbocycles. The van der Waals surface area contributed by atoms with Crippen LogP contribution in [0.1, 0.15) is 17.3 Å². The van der Waals surface area contributed by atoms with Gasteiger partial charge in [-0.2, -0.15) is 0 Å². The van der Waals surface area contributed by atoms with Crippen molar-refractivity contribution in [3.05, 3.63) is 28.0 Å². The van der Waals surface area contributed by atoms with E-state index in [0.717, 1.165) is 12.1 Å². The van der Waals surface area contributed by atoms with E-state index in [-0.39, 0.29) is 21.5 Å². The highest BCUT2D eigenvalue weighted by Crippen LogP contribution is 2.28. The number of hydrogen-bond donors (Lipinski definition) is 0. The van der Waals surface area contributed by atoms with Gasteiger partial charge in [0, 0.05) is 35.4 Å². The van der Waals surface area contributed by atoms with E-state index in [0.29, 0.717) is 13.2 Å². The number of nitrogens with zero attached hydrogens (tertiary/aromatic N) is 1. The molecule has 1 aromatic rings. The van der Waals surface area contributed by atoms with Gasteiger partial charge < -0.3 is 9.64 Å². The number of methoxy groups -OCH3 is 1.